The molecule has 1 spiro atoms. The highest BCUT2D eigenvalue weighted by Gasteiger charge is 2.60. The first-order chi connectivity index (χ1) is 12.0. The van der Waals surface area contributed by atoms with Crippen molar-refractivity contribution in [3.05, 3.63) is 36.6 Å². The van der Waals surface area contributed by atoms with E-state index in [9.17, 15) is 13.6 Å². The summed E-state index contributed by atoms with van der Waals surface area (Å²) in [6.07, 6.45) is 5.95. The molecule has 0 radical (unpaired) electrons. The summed E-state index contributed by atoms with van der Waals surface area (Å²) >= 11 is 0. The number of aromatic nitrogens is 3. The molecule has 2 aromatic heterocycles. The Morgan fingerprint density at radius 2 is 2.04 bits per heavy atom. The summed E-state index contributed by atoms with van der Waals surface area (Å²) in [4.78, 5) is 23.9. The summed E-state index contributed by atoms with van der Waals surface area (Å²) in [6.45, 7) is 0.577. The smallest absolute Gasteiger partial charge is 0.292 e. The predicted octanol–water partition coefficient (Wildman–Crippen LogP) is 1.84. The monoisotopic (exact) mass is 349 g/mol. The van der Waals surface area contributed by atoms with Gasteiger partial charge in [-0.15, -0.1) is 0 Å². The number of carbonyl (C=O) groups is 1. The molecule has 1 amide bonds. The first kappa shape index (κ1) is 15.9. The Balaban J connectivity index is 1.57. The van der Waals surface area contributed by atoms with E-state index in [2.05, 4.69) is 15.1 Å². The Hall–Kier alpha value is -2.58. The zero-order valence-corrected chi connectivity index (χ0v) is 13.4. The Kier molecular flexibility index (Phi) is 3.66. The minimum Gasteiger partial charge on any atom is -0.354 e. The van der Waals surface area contributed by atoms with E-state index in [1.54, 1.807) is 18.6 Å². The maximum absolute atomic E-state index is 14.8. The Labute approximate surface area is 142 Å². The number of alkyl halides is 2. The van der Waals surface area contributed by atoms with Crippen molar-refractivity contribution in [2.24, 2.45) is 5.41 Å². The second-order valence-corrected chi connectivity index (χ2v) is 6.57. The van der Waals surface area contributed by atoms with Gasteiger partial charge in [-0.25, -0.2) is 13.8 Å². The molecule has 0 saturated carbocycles. The first-order valence-corrected chi connectivity index (χ1v) is 8.10. The lowest BCUT2D eigenvalue weighted by atomic mass is 9.75. The third-order valence-corrected chi connectivity index (χ3v) is 5.13. The van der Waals surface area contributed by atoms with Crippen LogP contribution >= 0.6 is 0 Å². The SMILES string of the molecule is O=C(c1ccno1)N1CCC(F)(F)C2(CCN(c3cnccn3)C2)C1. The fraction of sp³-hybridized carbons (Fsp3) is 0.500. The molecule has 0 aromatic carbocycles. The molecule has 132 valence electrons. The van der Waals surface area contributed by atoms with E-state index in [4.69, 9.17) is 4.52 Å². The van der Waals surface area contributed by atoms with Crippen LogP contribution in [-0.4, -0.2) is 58.0 Å². The molecule has 2 aliphatic rings. The van der Waals surface area contributed by atoms with Crippen LogP contribution in [0.5, 0.6) is 0 Å². The molecule has 4 heterocycles. The van der Waals surface area contributed by atoms with Crippen LogP contribution in [0.15, 0.2) is 35.4 Å². The minimum atomic E-state index is -2.85. The van der Waals surface area contributed by atoms with E-state index < -0.39 is 17.2 Å². The van der Waals surface area contributed by atoms with Crippen LogP contribution in [0.25, 0.3) is 0 Å². The lowest BCUT2D eigenvalue weighted by molar-refractivity contribution is -0.150. The van der Waals surface area contributed by atoms with Gasteiger partial charge in [0.15, 0.2) is 0 Å². The highest BCUT2D eigenvalue weighted by molar-refractivity contribution is 5.91. The zero-order chi connectivity index (χ0) is 17.5. The molecule has 0 aliphatic carbocycles. The van der Waals surface area contributed by atoms with Crippen LogP contribution in [0.1, 0.15) is 23.4 Å². The summed E-state index contributed by atoms with van der Waals surface area (Å²) in [5.74, 6) is -2.59. The number of halogens is 2. The summed E-state index contributed by atoms with van der Waals surface area (Å²) < 4.78 is 34.5. The van der Waals surface area contributed by atoms with Crippen molar-refractivity contribution >= 4 is 11.7 Å². The van der Waals surface area contributed by atoms with Crippen molar-refractivity contribution < 1.29 is 18.1 Å². The molecule has 1 atom stereocenters. The zero-order valence-electron chi connectivity index (χ0n) is 13.4. The number of likely N-dealkylation sites (tertiary alicyclic amines) is 1. The van der Waals surface area contributed by atoms with Crippen molar-refractivity contribution in [2.45, 2.75) is 18.8 Å². The second kappa shape index (κ2) is 5.75. The third-order valence-electron chi connectivity index (χ3n) is 5.13. The molecule has 2 aromatic rings. The molecule has 7 nitrogen and oxygen atoms in total. The lowest BCUT2D eigenvalue weighted by Gasteiger charge is -2.45. The van der Waals surface area contributed by atoms with Gasteiger partial charge in [-0.1, -0.05) is 5.16 Å². The molecule has 0 bridgehead atoms. The number of nitrogens with zero attached hydrogens (tertiary/aromatic N) is 5. The Bertz CT molecular complexity index is 755. The summed E-state index contributed by atoms with van der Waals surface area (Å²) in [7, 11) is 0. The molecular weight excluding hydrogens is 332 g/mol. The summed E-state index contributed by atoms with van der Waals surface area (Å²) in [5, 5.41) is 3.51. The minimum absolute atomic E-state index is 0.000570. The van der Waals surface area contributed by atoms with Crippen LogP contribution in [-0.2, 0) is 0 Å². The Morgan fingerprint density at radius 1 is 1.16 bits per heavy atom. The van der Waals surface area contributed by atoms with Gasteiger partial charge in [0.1, 0.15) is 5.82 Å². The maximum atomic E-state index is 14.8. The predicted molar refractivity (Wildman–Crippen MR) is 83.3 cm³/mol. The molecule has 2 aliphatic heterocycles. The van der Waals surface area contributed by atoms with Crippen molar-refractivity contribution in [1.82, 2.24) is 20.0 Å². The number of amides is 1. The number of carbonyl (C=O) groups excluding carboxylic acids is 1. The number of anilines is 1. The largest absolute Gasteiger partial charge is 0.354 e. The molecule has 4 rings (SSSR count). The molecule has 9 heteroatoms. The van der Waals surface area contributed by atoms with Gasteiger partial charge in [-0.3, -0.25) is 9.78 Å². The van der Waals surface area contributed by atoms with Crippen molar-refractivity contribution in [3.8, 4) is 0 Å². The number of hydrogen-bond acceptors (Lipinski definition) is 6. The van der Waals surface area contributed by atoms with Gasteiger partial charge >= 0.3 is 0 Å². The standard InChI is InChI=1S/C16H17F2N5O2/c17-16(18)3-8-23(14(24)12-1-4-21-25-12)11-15(16)2-7-22(10-15)13-9-19-5-6-20-13/h1,4-6,9H,2-3,7-8,10-11H2. The number of hydrogen-bond donors (Lipinski definition) is 0. The first-order valence-electron chi connectivity index (χ1n) is 8.10. The highest BCUT2D eigenvalue weighted by atomic mass is 19.3. The normalized spacial score (nSPS) is 25.5. The lowest BCUT2D eigenvalue weighted by Crippen LogP contribution is -2.58. The summed E-state index contributed by atoms with van der Waals surface area (Å²) in [5.41, 5.74) is -1.29. The van der Waals surface area contributed by atoms with Crippen LogP contribution in [0.4, 0.5) is 14.6 Å². The Morgan fingerprint density at radius 3 is 2.76 bits per heavy atom. The molecule has 25 heavy (non-hydrogen) atoms. The number of piperidine rings is 1. The van der Waals surface area contributed by atoms with Crippen LogP contribution in [0.3, 0.4) is 0 Å². The van der Waals surface area contributed by atoms with Gasteiger partial charge in [-0.05, 0) is 6.42 Å². The number of rotatable bonds is 2. The maximum Gasteiger partial charge on any atom is 0.292 e. The molecule has 0 N–H and O–H groups in total. The van der Waals surface area contributed by atoms with E-state index in [1.165, 1.54) is 17.2 Å². The third kappa shape index (κ3) is 2.63. The second-order valence-electron chi connectivity index (χ2n) is 6.57. The van der Waals surface area contributed by atoms with Crippen LogP contribution < -0.4 is 4.90 Å². The average Bonchev–Trinajstić information content (AvgIpc) is 3.29. The van der Waals surface area contributed by atoms with Gasteiger partial charge in [0, 0.05) is 51.1 Å². The van der Waals surface area contributed by atoms with Crippen molar-refractivity contribution in [1.29, 1.82) is 0 Å². The quantitative estimate of drug-likeness (QED) is 0.824. The molecule has 2 fully saturated rings. The van der Waals surface area contributed by atoms with Crippen LogP contribution in [0.2, 0.25) is 0 Å². The van der Waals surface area contributed by atoms with Gasteiger partial charge < -0.3 is 14.3 Å². The van der Waals surface area contributed by atoms with Gasteiger partial charge in [0.25, 0.3) is 11.8 Å². The van der Waals surface area contributed by atoms with Gasteiger partial charge in [0.05, 0.1) is 17.8 Å². The highest BCUT2D eigenvalue weighted by Crippen LogP contribution is 2.50. The van der Waals surface area contributed by atoms with E-state index in [0.29, 0.717) is 12.4 Å². The van der Waals surface area contributed by atoms with E-state index in [0.717, 1.165) is 0 Å². The topological polar surface area (TPSA) is 75.4 Å². The van der Waals surface area contributed by atoms with Gasteiger partial charge in [-0.2, -0.15) is 0 Å². The molecule has 1 unspecified atom stereocenters. The fourth-order valence-corrected chi connectivity index (χ4v) is 3.71. The molecular formula is C16H17F2N5O2. The molecule has 2 saturated heterocycles. The van der Waals surface area contributed by atoms with Crippen molar-refractivity contribution in [3.63, 3.8) is 0 Å². The fourth-order valence-electron chi connectivity index (χ4n) is 3.71. The van der Waals surface area contributed by atoms with E-state index in [1.807, 2.05) is 4.90 Å². The van der Waals surface area contributed by atoms with Crippen LogP contribution in [0, 0.1) is 5.41 Å². The van der Waals surface area contributed by atoms with Gasteiger partial charge in [0.2, 0.25) is 5.76 Å². The van der Waals surface area contributed by atoms with E-state index in [-0.39, 0.29) is 38.2 Å². The summed E-state index contributed by atoms with van der Waals surface area (Å²) in [6, 6.07) is 1.45. The average molecular weight is 349 g/mol. The van der Waals surface area contributed by atoms with E-state index >= 15 is 0 Å². The van der Waals surface area contributed by atoms with Crippen molar-refractivity contribution in [2.75, 3.05) is 31.1 Å².